The topological polar surface area (TPSA) is 3.24 Å². The molecule has 2 unspecified atom stereocenters. The number of hydrogen-bond acceptors (Lipinski definition) is 2. The molecule has 2 fully saturated rings. The molecular formula is C14H20ClNS. The van der Waals surface area contributed by atoms with Crippen molar-refractivity contribution in [2.75, 3.05) is 24.6 Å². The zero-order valence-corrected chi connectivity index (χ0v) is 11.7. The lowest BCUT2D eigenvalue weighted by Crippen LogP contribution is -2.43. The largest absolute Gasteiger partial charge is 0.298 e. The quantitative estimate of drug-likeness (QED) is 0.811. The Bertz CT molecular complexity index is 331. The first kappa shape index (κ1) is 13.3. The number of rotatable bonds is 2. The fourth-order valence-electron chi connectivity index (χ4n) is 3.04. The molecular weight excluding hydrogens is 250 g/mol. The third-order valence-electron chi connectivity index (χ3n) is 3.66. The van der Waals surface area contributed by atoms with Gasteiger partial charge in [0.25, 0.3) is 0 Å². The summed E-state index contributed by atoms with van der Waals surface area (Å²) in [7, 11) is 0. The highest BCUT2D eigenvalue weighted by molar-refractivity contribution is 7.99. The molecule has 0 amide bonds. The maximum atomic E-state index is 2.66. The average molecular weight is 270 g/mol. The van der Waals surface area contributed by atoms with Crippen molar-refractivity contribution in [1.82, 2.24) is 4.90 Å². The Balaban J connectivity index is 0.00000108. The van der Waals surface area contributed by atoms with Gasteiger partial charge in [0, 0.05) is 19.6 Å². The fourth-order valence-corrected chi connectivity index (χ4v) is 4.32. The van der Waals surface area contributed by atoms with Crippen LogP contribution in [0.4, 0.5) is 0 Å². The van der Waals surface area contributed by atoms with E-state index in [0.29, 0.717) is 0 Å². The number of likely N-dealkylation sites (tertiary alicyclic amines) is 1. The highest BCUT2D eigenvalue weighted by Gasteiger charge is 2.30. The third kappa shape index (κ3) is 3.40. The molecule has 0 aliphatic carbocycles. The molecule has 2 atom stereocenters. The van der Waals surface area contributed by atoms with Crippen LogP contribution in [0.3, 0.4) is 0 Å². The van der Waals surface area contributed by atoms with Crippen molar-refractivity contribution in [1.29, 1.82) is 0 Å². The Hall–Kier alpha value is -0.180. The van der Waals surface area contributed by atoms with Gasteiger partial charge in [0.2, 0.25) is 0 Å². The van der Waals surface area contributed by atoms with Gasteiger partial charge in [-0.3, -0.25) is 4.90 Å². The molecule has 2 bridgehead atoms. The first-order valence-electron chi connectivity index (χ1n) is 6.24. The van der Waals surface area contributed by atoms with Crippen molar-refractivity contribution in [2.45, 2.75) is 13.0 Å². The lowest BCUT2D eigenvalue weighted by Gasteiger charge is -2.41. The van der Waals surface area contributed by atoms with Crippen molar-refractivity contribution < 1.29 is 0 Å². The van der Waals surface area contributed by atoms with E-state index < -0.39 is 0 Å². The first-order valence-corrected chi connectivity index (χ1v) is 7.39. The number of nitrogens with zero attached hydrogens (tertiary/aromatic N) is 1. The highest BCUT2D eigenvalue weighted by atomic mass is 35.5. The van der Waals surface area contributed by atoms with Crippen molar-refractivity contribution in [3.05, 3.63) is 35.9 Å². The molecule has 94 valence electrons. The van der Waals surface area contributed by atoms with Crippen LogP contribution in [0.1, 0.15) is 12.0 Å². The summed E-state index contributed by atoms with van der Waals surface area (Å²) in [4.78, 5) is 2.66. The van der Waals surface area contributed by atoms with Crippen LogP contribution in [0.25, 0.3) is 0 Å². The van der Waals surface area contributed by atoms with Gasteiger partial charge < -0.3 is 0 Å². The lowest BCUT2D eigenvalue weighted by molar-refractivity contribution is 0.133. The summed E-state index contributed by atoms with van der Waals surface area (Å²) in [5.74, 6) is 4.70. The van der Waals surface area contributed by atoms with E-state index in [0.717, 1.165) is 18.4 Å². The fraction of sp³-hybridized carbons (Fsp3) is 0.571. The zero-order valence-electron chi connectivity index (χ0n) is 10.0. The molecule has 0 N–H and O–H groups in total. The van der Waals surface area contributed by atoms with Crippen molar-refractivity contribution in [3.8, 4) is 0 Å². The number of benzene rings is 1. The Labute approximate surface area is 114 Å². The van der Waals surface area contributed by atoms with Crippen LogP contribution in [-0.2, 0) is 6.54 Å². The second-order valence-corrected chi connectivity index (χ2v) is 6.26. The summed E-state index contributed by atoms with van der Waals surface area (Å²) in [6.07, 6.45) is 1.48. The van der Waals surface area contributed by atoms with Gasteiger partial charge in [-0.15, -0.1) is 12.4 Å². The van der Waals surface area contributed by atoms with Crippen molar-refractivity contribution in [3.63, 3.8) is 0 Å². The number of halogens is 1. The molecule has 2 aliphatic heterocycles. The molecule has 3 heteroatoms. The summed E-state index contributed by atoms with van der Waals surface area (Å²) in [5.41, 5.74) is 1.47. The van der Waals surface area contributed by atoms with Crippen LogP contribution in [0, 0.1) is 11.8 Å². The number of piperidine rings is 1. The van der Waals surface area contributed by atoms with E-state index in [2.05, 4.69) is 47.0 Å². The SMILES string of the molecule is Cl.c1ccc(CN2CC3CSCC(C3)C2)cc1. The van der Waals surface area contributed by atoms with Gasteiger partial charge in [-0.2, -0.15) is 11.8 Å². The van der Waals surface area contributed by atoms with Crippen LogP contribution in [0.2, 0.25) is 0 Å². The van der Waals surface area contributed by atoms with Crippen molar-refractivity contribution in [2.24, 2.45) is 11.8 Å². The Kier molecular flexibility index (Phi) is 4.78. The first-order chi connectivity index (χ1) is 7.90. The Morgan fingerprint density at radius 3 is 2.35 bits per heavy atom. The van der Waals surface area contributed by atoms with Gasteiger partial charge in [-0.05, 0) is 35.3 Å². The molecule has 2 aliphatic rings. The van der Waals surface area contributed by atoms with Gasteiger partial charge in [-0.25, -0.2) is 0 Å². The molecule has 0 saturated carbocycles. The minimum Gasteiger partial charge on any atom is -0.298 e. The molecule has 0 aromatic heterocycles. The molecule has 3 rings (SSSR count). The highest BCUT2D eigenvalue weighted by Crippen LogP contribution is 2.33. The third-order valence-corrected chi connectivity index (χ3v) is 5.07. The van der Waals surface area contributed by atoms with Crippen molar-refractivity contribution >= 4 is 24.2 Å². The molecule has 1 nitrogen and oxygen atoms in total. The zero-order chi connectivity index (χ0) is 10.8. The minimum absolute atomic E-state index is 0. The Morgan fingerprint density at radius 1 is 1.06 bits per heavy atom. The van der Waals surface area contributed by atoms with E-state index in [1.54, 1.807) is 0 Å². The van der Waals surface area contributed by atoms with E-state index >= 15 is 0 Å². The Morgan fingerprint density at radius 2 is 1.71 bits per heavy atom. The van der Waals surface area contributed by atoms with E-state index in [1.807, 2.05) is 0 Å². The maximum absolute atomic E-state index is 2.66. The smallest absolute Gasteiger partial charge is 0.0233 e. The van der Waals surface area contributed by atoms with Gasteiger partial charge in [0.15, 0.2) is 0 Å². The van der Waals surface area contributed by atoms with Crippen LogP contribution >= 0.6 is 24.2 Å². The monoisotopic (exact) mass is 269 g/mol. The van der Waals surface area contributed by atoms with E-state index in [9.17, 15) is 0 Å². The lowest BCUT2D eigenvalue weighted by atomic mass is 9.91. The summed E-state index contributed by atoms with van der Waals surface area (Å²) in [6.45, 7) is 3.79. The molecule has 1 aromatic carbocycles. The number of thioether (sulfide) groups is 1. The number of hydrogen-bond donors (Lipinski definition) is 0. The number of fused-ring (bicyclic) bond motifs is 2. The summed E-state index contributed by atoms with van der Waals surface area (Å²) < 4.78 is 0. The summed E-state index contributed by atoms with van der Waals surface area (Å²) in [5, 5.41) is 0. The van der Waals surface area contributed by atoms with E-state index in [1.165, 1.54) is 36.6 Å². The molecule has 2 saturated heterocycles. The normalized spacial score (nSPS) is 28.5. The second-order valence-electron chi connectivity index (χ2n) is 5.18. The van der Waals surface area contributed by atoms with Gasteiger partial charge in [-0.1, -0.05) is 30.3 Å². The average Bonchev–Trinajstić information content (AvgIpc) is 2.30. The molecule has 0 spiro atoms. The molecule has 0 radical (unpaired) electrons. The maximum Gasteiger partial charge on any atom is 0.0233 e. The van der Waals surface area contributed by atoms with E-state index in [4.69, 9.17) is 0 Å². The van der Waals surface area contributed by atoms with Crippen LogP contribution in [-0.4, -0.2) is 29.5 Å². The van der Waals surface area contributed by atoms with E-state index in [-0.39, 0.29) is 12.4 Å². The summed E-state index contributed by atoms with van der Waals surface area (Å²) >= 11 is 2.17. The molecule has 17 heavy (non-hydrogen) atoms. The van der Waals surface area contributed by atoms with Gasteiger partial charge in [0.05, 0.1) is 0 Å². The van der Waals surface area contributed by atoms with Gasteiger partial charge in [0.1, 0.15) is 0 Å². The standard InChI is InChI=1S/C14H19NS.ClH/c1-2-4-12(5-3-1)7-15-8-13-6-14(9-15)11-16-10-13;/h1-5,13-14H,6-11H2;1H. The predicted molar refractivity (Wildman–Crippen MR) is 77.9 cm³/mol. The van der Waals surface area contributed by atoms with Crippen LogP contribution < -0.4 is 0 Å². The summed E-state index contributed by atoms with van der Waals surface area (Å²) in [6, 6.07) is 10.9. The van der Waals surface area contributed by atoms with Gasteiger partial charge >= 0.3 is 0 Å². The molecule has 1 aromatic rings. The minimum atomic E-state index is 0. The van der Waals surface area contributed by atoms with Crippen LogP contribution in [0.5, 0.6) is 0 Å². The predicted octanol–water partition coefficient (Wildman–Crippen LogP) is 3.29. The second kappa shape index (κ2) is 6.12. The van der Waals surface area contributed by atoms with Crippen LogP contribution in [0.15, 0.2) is 30.3 Å². The molecule has 2 heterocycles.